The SMILES string of the molecule is C=CC(=O)OCCOC(=O)C1=C(C(=O)OCCOC(=O)C=C)C2(C)C(C)=C(C)C12C. The highest BCUT2D eigenvalue weighted by molar-refractivity contribution is 6.09. The van der Waals surface area contributed by atoms with Gasteiger partial charge < -0.3 is 18.9 Å². The molecule has 0 aromatic rings. The fraction of sp³-hybridized carbons (Fsp3) is 0.455. The fourth-order valence-corrected chi connectivity index (χ4v) is 4.18. The molecule has 8 nitrogen and oxygen atoms in total. The zero-order valence-electron chi connectivity index (χ0n) is 17.7. The Morgan fingerprint density at radius 3 is 1.30 bits per heavy atom. The van der Waals surface area contributed by atoms with Gasteiger partial charge in [-0.1, -0.05) is 38.2 Å². The third-order valence-corrected chi connectivity index (χ3v) is 6.18. The topological polar surface area (TPSA) is 105 Å². The zero-order chi connectivity index (χ0) is 22.7. The molecule has 162 valence electrons. The molecule has 0 heterocycles. The van der Waals surface area contributed by atoms with E-state index in [2.05, 4.69) is 13.2 Å². The van der Waals surface area contributed by atoms with E-state index in [0.717, 1.165) is 23.3 Å². The van der Waals surface area contributed by atoms with E-state index in [1.165, 1.54) is 0 Å². The molecule has 2 aliphatic carbocycles. The third-order valence-electron chi connectivity index (χ3n) is 6.18. The molecule has 0 spiro atoms. The summed E-state index contributed by atoms with van der Waals surface area (Å²) in [4.78, 5) is 47.6. The molecule has 0 N–H and O–H groups in total. The number of allylic oxidation sites excluding steroid dienone is 2. The summed E-state index contributed by atoms with van der Waals surface area (Å²) in [6.07, 6.45) is 2.02. The quantitative estimate of drug-likeness (QED) is 0.175. The molecule has 0 aromatic heterocycles. The monoisotopic (exact) mass is 418 g/mol. The molecule has 2 atom stereocenters. The standard InChI is InChI=1S/C22H26O8/c1-7-15(23)27-9-11-29-19(25)17-18(20(26)30-12-10-28-16(24)8-2)22(6)14(4)13(3)21(17,22)5/h7-8H,1-2,9-12H2,3-6H3. The second-order valence-corrected chi connectivity index (χ2v) is 7.27. The molecule has 0 radical (unpaired) electrons. The van der Waals surface area contributed by atoms with Gasteiger partial charge in [0.25, 0.3) is 0 Å². The van der Waals surface area contributed by atoms with E-state index in [9.17, 15) is 19.2 Å². The van der Waals surface area contributed by atoms with Gasteiger partial charge in [-0.3, -0.25) is 0 Å². The van der Waals surface area contributed by atoms with Crippen LogP contribution in [0.5, 0.6) is 0 Å². The molecule has 2 aliphatic rings. The number of fused-ring (bicyclic) bond motifs is 1. The van der Waals surface area contributed by atoms with Crippen LogP contribution in [0.25, 0.3) is 0 Å². The van der Waals surface area contributed by atoms with Crippen molar-refractivity contribution in [1.82, 2.24) is 0 Å². The molecule has 2 rings (SSSR count). The van der Waals surface area contributed by atoms with Crippen molar-refractivity contribution >= 4 is 23.9 Å². The first-order valence-corrected chi connectivity index (χ1v) is 9.43. The van der Waals surface area contributed by atoms with E-state index in [1.807, 2.05) is 27.7 Å². The normalized spacial score (nSPS) is 24.0. The minimum Gasteiger partial charge on any atom is -0.459 e. The van der Waals surface area contributed by atoms with E-state index in [0.29, 0.717) is 0 Å². The van der Waals surface area contributed by atoms with Crippen molar-refractivity contribution in [1.29, 1.82) is 0 Å². The predicted octanol–water partition coefficient (Wildman–Crippen LogP) is 2.20. The largest absolute Gasteiger partial charge is 0.459 e. The molecule has 30 heavy (non-hydrogen) atoms. The van der Waals surface area contributed by atoms with Crippen LogP contribution in [0.4, 0.5) is 0 Å². The van der Waals surface area contributed by atoms with Crippen LogP contribution in [0, 0.1) is 10.8 Å². The molecule has 2 unspecified atom stereocenters. The van der Waals surface area contributed by atoms with Crippen LogP contribution in [0.3, 0.4) is 0 Å². The molecular weight excluding hydrogens is 392 g/mol. The summed E-state index contributed by atoms with van der Waals surface area (Å²) in [7, 11) is 0. The third kappa shape index (κ3) is 3.46. The highest BCUT2D eigenvalue weighted by atomic mass is 16.6. The van der Waals surface area contributed by atoms with Gasteiger partial charge in [0.05, 0.1) is 11.1 Å². The van der Waals surface area contributed by atoms with Crippen molar-refractivity contribution in [2.45, 2.75) is 27.7 Å². The zero-order valence-corrected chi connectivity index (χ0v) is 17.7. The Morgan fingerprint density at radius 1 is 0.700 bits per heavy atom. The maximum atomic E-state index is 12.8. The van der Waals surface area contributed by atoms with Gasteiger partial charge in [-0.05, 0) is 13.8 Å². The highest BCUT2D eigenvalue weighted by Crippen LogP contribution is 2.75. The second-order valence-electron chi connectivity index (χ2n) is 7.27. The van der Waals surface area contributed by atoms with Gasteiger partial charge in [-0.15, -0.1) is 0 Å². The van der Waals surface area contributed by atoms with Gasteiger partial charge in [0.1, 0.15) is 26.4 Å². The molecule has 0 saturated carbocycles. The van der Waals surface area contributed by atoms with E-state index >= 15 is 0 Å². The summed E-state index contributed by atoms with van der Waals surface area (Å²) in [5.41, 5.74) is 1.16. The van der Waals surface area contributed by atoms with Crippen molar-refractivity contribution in [2.75, 3.05) is 26.4 Å². The van der Waals surface area contributed by atoms with Gasteiger partial charge in [-0.2, -0.15) is 0 Å². The molecule has 8 heteroatoms. The van der Waals surface area contributed by atoms with Crippen molar-refractivity contribution in [3.63, 3.8) is 0 Å². The smallest absolute Gasteiger partial charge is 0.335 e. The van der Waals surface area contributed by atoms with Gasteiger partial charge in [0.2, 0.25) is 0 Å². The Balaban J connectivity index is 2.12. The molecule has 0 amide bonds. The van der Waals surface area contributed by atoms with Gasteiger partial charge in [-0.25, -0.2) is 19.2 Å². The fourth-order valence-electron chi connectivity index (χ4n) is 4.18. The maximum Gasteiger partial charge on any atom is 0.335 e. The lowest BCUT2D eigenvalue weighted by atomic mass is 9.35. The maximum absolute atomic E-state index is 12.8. The van der Waals surface area contributed by atoms with Crippen molar-refractivity contribution in [3.8, 4) is 0 Å². The van der Waals surface area contributed by atoms with Crippen LogP contribution in [0.15, 0.2) is 47.6 Å². The molecule has 0 aromatic carbocycles. The number of carbonyl (C=O) groups is 4. The minimum absolute atomic E-state index is 0.125. The van der Waals surface area contributed by atoms with Crippen LogP contribution < -0.4 is 0 Å². The van der Waals surface area contributed by atoms with Crippen molar-refractivity contribution in [2.24, 2.45) is 10.8 Å². The van der Waals surface area contributed by atoms with Crippen molar-refractivity contribution in [3.05, 3.63) is 47.6 Å². The molecule has 0 bridgehead atoms. The van der Waals surface area contributed by atoms with E-state index in [-0.39, 0.29) is 37.6 Å². The lowest BCUT2D eigenvalue weighted by Crippen LogP contribution is -2.62. The lowest BCUT2D eigenvalue weighted by Gasteiger charge is -2.65. The Morgan fingerprint density at radius 2 is 1.00 bits per heavy atom. The second kappa shape index (κ2) is 8.69. The van der Waals surface area contributed by atoms with Crippen LogP contribution in [-0.4, -0.2) is 50.3 Å². The summed E-state index contributed by atoms with van der Waals surface area (Å²) in [6, 6.07) is 0. The minimum atomic E-state index is -0.665. The number of hydrogen-bond acceptors (Lipinski definition) is 8. The number of rotatable bonds is 10. The van der Waals surface area contributed by atoms with E-state index < -0.39 is 34.7 Å². The number of ether oxygens (including phenoxy) is 4. The van der Waals surface area contributed by atoms with Crippen LogP contribution in [0.1, 0.15) is 27.7 Å². The van der Waals surface area contributed by atoms with Gasteiger partial charge >= 0.3 is 23.9 Å². The first kappa shape index (κ1) is 23.1. The summed E-state index contributed by atoms with van der Waals surface area (Å²) in [6.45, 7) is 13.6. The summed E-state index contributed by atoms with van der Waals surface area (Å²) >= 11 is 0. The number of esters is 4. The average Bonchev–Trinajstić information content (AvgIpc) is 2.74. The molecule has 0 fully saturated rings. The summed E-state index contributed by atoms with van der Waals surface area (Å²) < 4.78 is 20.0. The summed E-state index contributed by atoms with van der Waals surface area (Å²) in [5, 5.41) is 0. The predicted molar refractivity (Wildman–Crippen MR) is 106 cm³/mol. The van der Waals surface area contributed by atoms with Crippen LogP contribution >= 0.6 is 0 Å². The Kier molecular flexibility index (Phi) is 6.70. The average molecular weight is 418 g/mol. The first-order chi connectivity index (χ1) is 14.1. The number of hydrogen-bond donors (Lipinski definition) is 0. The van der Waals surface area contributed by atoms with Gasteiger partial charge in [0, 0.05) is 23.0 Å². The summed E-state index contributed by atoms with van der Waals surface area (Å²) in [5.74, 6) is -2.57. The number of carbonyl (C=O) groups excluding carboxylic acids is 4. The van der Waals surface area contributed by atoms with Crippen LogP contribution in [-0.2, 0) is 38.1 Å². The lowest BCUT2D eigenvalue weighted by molar-refractivity contribution is -0.153. The van der Waals surface area contributed by atoms with E-state index in [4.69, 9.17) is 18.9 Å². The van der Waals surface area contributed by atoms with Gasteiger partial charge in [0.15, 0.2) is 0 Å². The molecular formula is C22H26O8. The highest BCUT2D eigenvalue weighted by Gasteiger charge is 2.71. The molecule has 0 saturated heterocycles. The Bertz CT molecular complexity index is 808. The van der Waals surface area contributed by atoms with Crippen LogP contribution in [0.2, 0.25) is 0 Å². The first-order valence-electron chi connectivity index (χ1n) is 9.43. The molecule has 0 aliphatic heterocycles. The Hall–Kier alpha value is -3.16. The Labute approximate surface area is 175 Å². The van der Waals surface area contributed by atoms with Crippen molar-refractivity contribution < 1.29 is 38.1 Å². The van der Waals surface area contributed by atoms with E-state index in [1.54, 1.807) is 0 Å².